The predicted molar refractivity (Wildman–Crippen MR) is 106 cm³/mol. The molecule has 0 bridgehead atoms. The summed E-state index contributed by atoms with van der Waals surface area (Å²) < 4.78 is 5.47. The van der Waals surface area contributed by atoms with E-state index in [-0.39, 0.29) is 5.56 Å². The summed E-state index contributed by atoms with van der Waals surface area (Å²) in [6.45, 7) is 3.38. The molecule has 2 aromatic rings. The summed E-state index contributed by atoms with van der Waals surface area (Å²) in [4.78, 5) is 16.2. The van der Waals surface area contributed by atoms with Crippen molar-refractivity contribution in [3.63, 3.8) is 0 Å². The van der Waals surface area contributed by atoms with Crippen LogP contribution in [0.3, 0.4) is 0 Å². The summed E-state index contributed by atoms with van der Waals surface area (Å²) in [6, 6.07) is 9.92. The smallest absolute Gasteiger partial charge is 0.251 e. The molecule has 0 radical (unpaired) electrons. The van der Waals surface area contributed by atoms with E-state index in [1.807, 2.05) is 37.4 Å². The zero-order valence-corrected chi connectivity index (χ0v) is 16.0. The van der Waals surface area contributed by atoms with Gasteiger partial charge < -0.3 is 9.72 Å². The van der Waals surface area contributed by atoms with E-state index in [1.54, 1.807) is 11.8 Å². The fourth-order valence-corrected chi connectivity index (χ4v) is 3.87. The molecule has 0 atom stereocenters. The first-order chi connectivity index (χ1) is 12.1. The first-order valence-electron chi connectivity index (χ1n) is 8.42. The van der Waals surface area contributed by atoms with Crippen LogP contribution < -0.4 is 5.56 Å². The van der Waals surface area contributed by atoms with Gasteiger partial charge in [-0.2, -0.15) is 0 Å². The minimum absolute atomic E-state index is 0.0535. The Morgan fingerprint density at radius 2 is 2.04 bits per heavy atom. The molecule has 25 heavy (non-hydrogen) atoms. The van der Waals surface area contributed by atoms with E-state index in [2.05, 4.69) is 17.1 Å². The standard InChI is InChI=1S/C20H22ClNO2S/c1-13-3-5-18(22-20(13)23)16(11-14-7-9-24-10-8-14)15-4-6-19(25-2)17(21)12-15/h3-6,11-12,14H,7-10H2,1-2H3,(H,22,23)/b16-11+. The Bertz CT molecular complexity index is 838. The Morgan fingerprint density at radius 1 is 1.28 bits per heavy atom. The number of nitrogens with one attached hydrogen (secondary N) is 1. The summed E-state index contributed by atoms with van der Waals surface area (Å²) >= 11 is 8.05. The molecular weight excluding hydrogens is 354 g/mol. The van der Waals surface area contributed by atoms with Crippen molar-refractivity contribution in [3.05, 3.63) is 68.6 Å². The zero-order valence-electron chi connectivity index (χ0n) is 14.5. The highest BCUT2D eigenvalue weighted by Crippen LogP contribution is 2.32. The largest absolute Gasteiger partial charge is 0.381 e. The van der Waals surface area contributed by atoms with Gasteiger partial charge in [-0.05, 0) is 55.7 Å². The van der Waals surface area contributed by atoms with Crippen LogP contribution in [0.1, 0.15) is 29.7 Å². The number of allylic oxidation sites excluding steroid dienone is 1. The molecule has 1 saturated heterocycles. The van der Waals surface area contributed by atoms with Gasteiger partial charge in [0.2, 0.25) is 0 Å². The fraction of sp³-hybridized carbons (Fsp3) is 0.350. The molecule has 1 fully saturated rings. The molecule has 5 heteroatoms. The third-order valence-corrected chi connectivity index (χ3v) is 5.75. The van der Waals surface area contributed by atoms with E-state index in [9.17, 15) is 4.79 Å². The van der Waals surface area contributed by atoms with Gasteiger partial charge in [-0.25, -0.2) is 0 Å². The maximum atomic E-state index is 12.1. The number of aryl methyl sites for hydroxylation is 1. The van der Waals surface area contributed by atoms with Crippen LogP contribution in [0.15, 0.2) is 46.1 Å². The van der Waals surface area contributed by atoms with Crippen LogP contribution in [-0.2, 0) is 4.74 Å². The predicted octanol–water partition coefficient (Wildman–Crippen LogP) is 4.92. The maximum absolute atomic E-state index is 12.1. The van der Waals surface area contributed by atoms with Crippen molar-refractivity contribution in [1.82, 2.24) is 4.98 Å². The highest BCUT2D eigenvalue weighted by Gasteiger charge is 2.16. The highest BCUT2D eigenvalue weighted by molar-refractivity contribution is 7.98. The van der Waals surface area contributed by atoms with E-state index in [0.717, 1.165) is 52.8 Å². The van der Waals surface area contributed by atoms with Crippen LogP contribution in [0, 0.1) is 12.8 Å². The lowest BCUT2D eigenvalue weighted by atomic mass is 9.92. The number of pyridine rings is 1. The van der Waals surface area contributed by atoms with E-state index in [1.165, 1.54) is 0 Å². The van der Waals surface area contributed by atoms with Crippen LogP contribution in [0.4, 0.5) is 0 Å². The molecule has 1 aromatic carbocycles. The number of benzene rings is 1. The fourth-order valence-electron chi connectivity index (χ4n) is 3.00. The number of rotatable bonds is 4. The normalized spacial score (nSPS) is 16.2. The molecular formula is C20H22ClNO2S. The number of halogens is 1. The topological polar surface area (TPSA) is 42.1 Å². The first-order valence-corrected chi connectivity index (χ1v) is 10.0. The van der Waals surface area contributed by atoms with Crippen molar-refractivity contribution in [2.24, 2.45) is 5.92 Å². The van der Waals surface area contributed by atoms with Gasteiger partial charge in [-0.3, -0.25) is 4.79 Å². The van der Waals surface area contributed by atoms with Gasteiger partial charge >= 0.3 is 0 Å². The summed E-state index contributed by atoms with van der Waals surface area (Å²) in [6.07, 6.45) is 6.26. The molecule has 0 aliphatic carbocycles. The van der Waals surface area contributed by atoms with Crippen LogP contribution >= 0.6 is 23.4 Å². The van der Waals surface area contributed by atoms with Gasteiger partial charge in [0, 0.05) is 34.9 Å². The third-order valence-electron chi connectivity index (χ3n) is 4.53. The molecule has 0 saturated carbocycles. The van der Waals surface area contributed by atoms with Crippen LogP contribution in [0.2, 0.25) is 5.02 Å². The monoisotopic (exact) mass is 375 g/mol. The summed E-state index contributed by atoms with van der Waals surface area (Å²) in [5.41, 5.74) is 3.54. The van der Waals surface area contributed by atoms with E-state index >= 15 is 0 Å². The van der Waals surface area contributed by atoms with Crippen molar-refractivity contribution in [2.45, 2.75) is 24.7 Å². The van der Waals surface area contributed by atoms with E-state index < -0.39 is 0 Å². The molecule has 1 aliphatic rings. The van der Waals surface area contributed by atoms with E-state index in [4.69, 9.17) is 16.3 Å². The molecule has 0 spiro atoms. The first kappa shape index (κ1) is 18.3. The third kappa shape index (κ3) is 4.38. The molecule has 1 aromatic heterocycles. The van der Waals surface area contributed by atoms with E-state index in [0.29, 0.717) is 11.5 Å². The molecule has 0 amide bonds. The molecule has 132 valence electrons. The van der Waals surface area contributed by atoms with Gasteiger partial charge in [0.1, 0.15) is 0 Å². The minimum atomic E-state index is -0.0535. The zero-order chi connectivity index (χ0) is 17.8. The molecule has 0 unspecified atom stereocenters. The lowest BCUT2D eigenvalue weighted by molar-refractivity contribution is 0.0786. The van der Waals surface area contributed by atoms with Gasteiger partial charge in [0.15, 0.2) is 0 Å². The Balaban J connectivity index is 2.07. The Kier molecular flexibility index (Phi) is 6.05. The van der Waals surface area contributed by atoms with Crippen molar-refractivity contribution in [3.8, 4) is 0 Å². The summed E-state index contributed by atoms with van der Waals surface area (Å²) in [5.74, 6) is 0.438. The number of aromatic amines is 1. The highest BCUT2D eigenvalue weighted by atomic mass is 35.5. The van der Waals surface area contributed by atoms with Crippen molar-refractivity contribution >= 4 is 28.9 Å². The maximum Gasteiger partial charge on any atom is 0.251 e. The summed E-state index contributed by atoms with van der Waals surface area (Å²) in [5, 5.41) is 0.734. The molecule has 1 aliphatic heterocycles. The van der Waals surface area contributed by atoms with Gasteiger partial charge in [-0.15, -0.1) is 11.8 Å². The van der Waals surface area contributed by atoms with Crippen molar-refractivity contribution in [1.29, 1.82) is 0 Å². The Morgan fingerprint density at radius 3 is 2.68 bits per heavy atom. The Hall–Kier alpha value is -1.49. The van der Waals surface area contributed by atoms with Crippen molar-refractivity contribution < 1.29 is 4.74 Å². The van der Waals surface area contributed by atoms with Crippen LogP contribution in [0.25, 0.3) is 5.57 Å². The average Bonchev–Trinajstić information content (AvgIpc) is 2.63. The SMILES string of the molecule is CSc1ccc(/C(=C\C2CCOCC2)c2ccc(C)c(=O)[nH]2)cc1Cl. The number of aromatic nitrogens is 1. The van der Waals surface area contributed by atoms with Gasteiger partial charge in [0.25, 0.3) is 5.56 Å². The second-order valence-electron chi connectivity index (χ2n) is 6.26. The Labute approximate surface area is 157 Å². The van der Waals surface area contributed by atoms with Gasteiger partial charge in [0.05, 0.1) is 5.02 Å². The van der Waals surface area contributed by atoms with Crippen LogP contribution in [0.5, 0.6) is 0 Å². The second-order valence-corrected chi connectivity index (χ2v) is 7.52. The second kappa shape index (κ2) is 8.26. The lowest BCUT2D eigenvalue weighted by Gasteiger charge is -2.21. The number of ether oxygens (including phenoxy) is 1. The number of hydrogen-bond donors (Lipinski definition) is 1. The summed E-state index contributed by atoms with van der Waals surface area (Å²) in [7, 11) is 0. The number of H-pyrrole nitrogens is 1. The molecule has 1 N–H and O–H groups in total. The van der Waals surface area contributed by atoms with Crippen LogP contribution in [-0.4, -0.2) is 24.5 Å². The number of hydrogen-bond acceptors (Lipinski definition) is 3. The lowest BCUT2D eigenvalue weighted by Crippen LogP contribution is -2.15. The van der Waals surface area contributed by atoms with Crippen molar-refractivity contribution in [2.75, 3.05) is 19.5 Å². The quantitative estimate of drug-likeness (QED) is 0.771. The van der Waals surface area contributed by atoms with Gasteiger partial charge in [-0.1, -0.05) is 29.8 Å². The number of thioether (sulfide) groups is 1. The average molecular weight is 376 g/mol. The molecule has 2 heterocycles. The molecule has 3 rings (SSSR count). The minimum Gasteiger partial charge on any atom is -0.381 e. The molecule has 3 nitrogen and oxygen atoms in total.